The van der Waals surface area contributed by atoms with Crippen molar-refractivity contribution in [3.8, 4) is 0 Å². The van der Waals surface area contributed by atoms with Crippen LogP contribution in [0.2, 0.25) is 0 Å². The highest BCUT2D eigenvalue weighted by atomic mass is 32.1. The molecule has 2 N–H and O–H groups in total. The van der Waals surface area contributed by atoms with Gasteiger partial charge in [0.25, 0.3) is 0 Å². The lowest BCUT2D eigenvalue weighted by atomic mass is 10.3. The number of nitrogens with zero attached hydrogens (tertiary/aromatic N) is 4. The summed E-state index contributed by atoms with van der Waals surface area (Å²) in [6, 6.07) is 5.57. The highest BCUT2D eigenvalue weighted by Crippen LogP contribution is 2.17. The van der Waals surface area contributed by atoms with E-state index in [9.17, 15) is 4.79 Å². The van der Waals surface area contributed by atoms with Crippen LogP contribution in [0.5, 0.6) is 0 Å². The molecule has 0 aromatic carbocycles. The second kappa shape index (κ2) is 7.19. The number of aromatic nitrogens is 4. The van der Waals surface area contributed by atoms with Gasteiger partial charge in [0.2, 0.25) is 0 Å². The van der Waals surface area contributed by atoms with Crippen LogP contribution < -0.4 is 10.6 Å². The monoisotopic (exact) mass is 330 g/mol. The molecule has 7 nitrogen and oxygen atoms in total. The third-order valence-corrected chi connectivity index (χ3v) is 4.43. The van der Waals surface area contributed by atoms with Crippen LogP contribution in [0.1, 0.15) is 24.0 Å². The second-order valence-corrected chi connectivity index (χ2v) is 6.13. The van der Waals surface area contributed by atoms with Gasteiger partial charge in [-0.1, -0.05) is 13.0 Å². The molecular formula is C15H18N6OS. The standard InChI is InChI=1S/C15H18N6OS/c1-2-11-10-17-15(23-11)18-14(22)16-8-5-7-13-20-19-12-6-3-4-9-21(12)13/h3-4,6,9-10H,2,5,7-8H2,1H3,(H2,16,17,18,22). The van der Waals surface area contributed by atoms with Crippen molar-refractivity contribution in [1.82, 2.24) is 24.9 Å². The van der Waals surface area contributed by atoms with Crippen molar-refractivity contribution < 1.29 is 4.79 Å². The number of anilines is 1. The zero-order valence-electron chi connectivity index (χ0n) is 12.8. The van der Waals surface area contributed by atoms with E-state index in [4.69, 9.17) is 0 Å². The van der Waals surface area contributed by atoms with E-state index in [1.165, 1.54) is 11.3 Å². The molecule has 2 amide bonds. The number of carbonyl (C=O) groups is 1. The first-order chi connectivity index (χ1) is 11.3. The average molecular weight is 330 g/mol. The number of urea groups is 1. The fourth-order valence-corrected chi connectivity index (χ4v) is 2.93. The number of hydrogen-bond donors (Lipinski definition) is 2. The zero-order valence-corrected chi connectivity index (χ0v) is 13.6. The van der Waals surface area contributed by atoms with Crippen LogP contribution in [0.15, 0.2) is 30.6 Å². The number of pyridine rings is 1. The molecule has 3 rings (SSSR count). The summed E-state index contributed by atoms with van der Waals surface area (Å²) in [6.45, 7) is 2.63. The first-order valence-corrected chi connectivity index (χ1v) is 8.36. The van der Waals surface area contributed by atoms with Crippen LogP contribution in [-0.2, 0) is 12.8 Å². The zero-order chi connectivity index (χ0) is 16.1. The molecule has 0 radical (unpaired) electrons. The fraction of sp³-hybridized carbons (Fsp3) is 0.333. The van der Waals surface area contributed by atoms with Gasteiger partial charge in [-0.05, 0) is 25.0 Å². The van der Waals surface area contributed by atoms with Crippen molar-refractivity contribution in [2.75, 3.05) is 11.9 Å². The average Bonchev–Trinajstić information content (AvgIpc) is 3.18. The van der Waals surface area contributed by atoms with Gasteiger partial charge in [-0.2, -0.15) is 0 Å². The number of rotatable bonds is 6. The quantitative estimate of drug-likeness (QED) is 0.680. The van der Waals surface area contributed by atoms with E-state index in [0.717, 1.165) is 35.6 Å². The molecule has 0 aliphatic heterocycles. The van der Waals surface area contributed by atoms with Crippen LogP contribution in [0.4, 0.5) is 9.93 Å². The highest BCUT2D eigenvalue weighted by molar-refractivity contribution is 7.15. The van der Waals surface area contributed by atoms with Crippen molar-refractivity contribution in [3.63, 3.8) is 0 Å². The van der Waals surface area contributed by atoms with E-state index >= 15 is 0 Å². The van der Waals surface area contributed by atoms with E-state index < -0.39 is 0 Å². The number of fused-ring (bicyclic) bond motifs is 1. The predicted molar refractivity (Wildman–Crippen MR) is 89.8 cm³/mol. The molecule has 0 bridgehead atoms. The first kappa shape index (κ1) is 15.4. The van der Waals surface area contributed by atoms with Gasteiger partial charge in [-0.15, -0.1) is 21.5 Å². The van der Waals surface area contributed by atoms with Gasteiger partial charge in [-0.25, -0.2) is 9.78 Å². The van der Waals surface area contributed by atoms with Gasteiger partial charge in [0.1, 0.15) is 5.82 Å². The summed E-state index contributed by atoms with van der Waals surface area (Å²) in [5.74, 6) is 0.898. The molecule has 0 fully saturated rings. The van der Waals surface area contributed by atoms with Crippen LogP contribution in [0.3, 0.4) is 0 Å². The Morgan fingerprint density at radius 1 is 1.35 bits per heavy atom. The summed E-state index contributed by atoms with van der Waals surface area (Å²) < 4.78 is 1.96. The van der Waals surface area contributed by atoms with Crippen LogP contribution >= 0.6 is 11.3 Å². The van der Waals surface area contributed by atoms with Crippen molar-refractivity contribution >= 4 is 28.1 Å². The maximum absolute atomic E-state index is 11.8. The molecule has 0 saturated heterocycles. The van der Waals surface area contributed by atoms with Crippen molar-refractivity contribution in [3.05, 3.63) is 41.3 Å². The van der Waals surface area contributed by atoms with Crippen LogP contribution in [0.25, 0.3) is 5.65 Å². The second-order valence-electron chi connectivity index (χ2n) is 5.01. The van der Waals surface area contributed by atoms with E-state index in [2.05, 4.69) is 32.7 Å². The maximum Gasteiger partial charge on any atom is 0.321 e. The first-order valence-electron chi connectivity index (χ1n) is 7.54. The van der Waals surface area contributed by atoms with Crippen molar-refractivity contribution in [2.45, 2.75) is 26.2 Å². The minimum absolute atomic E-state index is 0.229. The summed E-state index contributed by atoms with van der Waals surface area (Å²) >= 11 is 1.50. The van der Waals surface area contributed by atoms with E-state index in [0.29, 0.717) is 11.7 Å². The van der Waals surface area contributed by atoms with Gasteiger partial charge in [0.15, 0.2) is 10.8 Å². The van der Waals surface area contributed by atoms with Crippen LogP contribution in [-0.4, -0.2) is 32.2 Å². The lowest BCUT2D eigenvalue weighted by Gasteiger charge is -2.05. The Balaban J connectivity index is 1.43. The minimum atomic E-state index is -0.229. The number of nitrogens with one attached hydrogen (secondary N) is 2. The molecule has 0 unspecified atom stereocenters. The molecule has 0 saturated carbocycles. The third-order valence-electron chi connectivity index (χ3n) is 3.37. The van der Waals surface area contributed by atoms with Gasteiger partial charge in [0, 0.05) is 30.2 Å². The van der Waals surface area contributed by atoms with Crippen molar-refractivity contribution in [2.24, 2.45) is 0 Å². The molecule has 0 atom stereocenters. The van der Waals surface area contributed by atoms with E-state index in [1.54, 1.807) is 6.20 Å². The molecule has 0 aliphatic rings. The topological polar surface area (TPSA) is 84.2 Å². The molecule has 3 heterocycles. The molecule has 3 aromatic heterocycles. The lowest BCUT2D eigenvalue weighted by Crippen LogP contribution is -2.29. The molecule has 3 aromatic rings. The summed E-state index contributed by atoms with van der Waals surface area (Å²) in [7, 11) is 0. The normalized spacial score (nSPS) is 10.8. The highest BCUT2D eigenvalue weighted by Gasteiger charge is 2.07. The van der Waals surface area contributed by atoms with Crippen molar-refractivity contribution in [1.29, 1.82) is 0 Å². The summed E-state index contributed by atoms with van der Waals surface area (Å²) in [5, 5.41) is 14.5. The minimum Gasteiger partial charge on any atom is -0.338 e. The Labute approximate surface area is 137 Å². The van der Waals surface area contributed by atoms with Gasteiger partial charge >= 0.3 is 6.03 Å². The Hall–Kier alpha value is -2.48. The van der Waals surface area contributed by atoms with E-state index in [-0.39, 0.29) is 6.03 Å². The van der Waals surface area contributed by atoms with Gasteiger partial charge in [0.05, 0.1) is 0 Å². The third kappa shape index (κ3) is 3.84. The molecule has 23 heavy (non-hydrogen) atoms. The molecule has 8 heteroatoms. The largest absolute Gasteiger partial charge is 0.338 e. The Morgan fingerprint density at radius 2 is 2.26 bits per heavy atom. The summed E-state index contributed by atoms with van der Waals surface area (Å²) in [6.07, 6.45) is 6.20. The Bertz CT molecular complexity index is 796. The molecule has 0 spiro atoms. The van der Waals surface area contributed by atoms with E-state index in [1.807, 2.05) is 28.8 Å². The summed E-state index contributed by atoms with van der Waals surface area (Å²) in [4.78, 5) is 17.1. The number of hydrogen-bond acceptors (Lipinski definition) is 5. The smallest absolute Gasteiger partial charge is 0.321 e. The van der Waals surface area contributed by atoms with Gasteiger partial charge in [-0.3, -0.25) is 9.72 Å². The lowest BCUT2D eigenvalue weighted by molar-refractivity contribution is 0.252. The molecular weight excluding hydrogens is 312 g/mol. The number of carbonyl (C=O) groups excluding carboxylic acids is 1. The predicted octanol–water partition coefficient (Wildman–Crippen LogP) is 2.50. The van der Waals surface area contributed by atoms with Crippen LogP contribution in [0, 0.1) is 0 Å². The number of amides is 2. The number of aryl methyl sites for hydroxylation is 2. The fourth-order valence-electron chi connectivity index (χ4n) is 2.18. The Morgan fingerprint density at radius 3 is 3.09 bits per heavy atom. The SMILES string of the molecule is CCc1cnc(NC(=O)NCCCc2nnc3ccccn23)s1. The summed E-state index contributed by atoms with van der Waals surface area (Å²) in [5.41, 5.74) is 0.837. The molecule has 0 aliphatic carbocycles. The maximum atomic E-state index is 11.8. The van der Waals surface area contributed by atoms with Gasteiger partial charge < -0.3 is 5.32 Å². The Kier molecular flexibility index (Phi) is 4.82. The molecule has 120 valence electrons. The number of thiazole rings is 1.